The number of rotatable bonds is 8. The largest absolute Gasteiger partial charge is 0.491 e. The van der Waals surface area contributed by atoms with Crippen LogP contribution in [0.3, 0.4) is 0 Å². The Labute approximate surface area is 175 Å². The maximum Gasteiger partial charge on any atom is 0.355 e. The van der Waals surface area contributed by atoms with Crippen molar-refractivity contribution in [2.45, 2.75) is 12.8 Å². The quantitative estimate of drug-likeness (QED) is 0.488. The predicted molar refractivity (Wildman–Crippen MR) is 111 cm³/mol. The predicted octanol–water partition coefficient (Wildman–Crippen LogP) is 3.09. The molecule has 0 bridgehead atoms. The first kappa shape index (κ1) is 21.4. The SMILES string of the molecule is COC(=O)C1=C(C(=O)OC)N(c2ccccc2OCCCc2ccccc2)COC1. The minimum atomic E-state index is -0.641. The van der Waals surface area contributed by atoms with Crippen LogP contribution in [0.1, 0.15) is 12.0 Å². The number of para-hydroxylation sites is 2. The number of hydrogen-bond donors (Lipinski definition) is 0. The molecule has 0 fully saturated rings. The van der Waals surface area contributed by atoms with Gasteiger partial charge in [-0.15, -0.1) is 0 Å². The highest BCUT2D eigenvalue weighted by Gasteiger charge is 2.33. The van der Waals surface area contributed by atoms with Gasteiger partial charge in [0.25, 0.3) is 0 Å². The Kier molecular flexibility index (Phi) is 7.45. The molecule has 30 heavy (non-hydrogen) atoms. The maximum atomic E-state index is 12.5. The van der Waals surface area contributed by atoms with Crippen LogP contribution >= 0.6 is 0 Å². The Morgan fingerprint density at radius 2 is 1.67 bits per heavy atom. The van der Waals surface area contributed by atoms with E-state index in [0.717, 1.165) is 12.8 Å². The van der Waals surface area contributed by atoms with E-state index < -0.39 is 11.9 Å². The number of aryl methyl sites for hydroxylation is 1. The van der Waals surface area contributed by atoms with Crippen molar-refractivity contribution in [1.82, 2.24) is 0 Å². The lowest BCUT2D eigenvalue weighted by Crippen LogP contribution is -2.39. The van der Waals surface area contributed by atoms with E-state index in [1.54, 1.807) is 11.0 Å². The summed E-state index contributed by atoms with van der Waals surface area (Å²) in [4.78, 5) is 26.2. The molecule has 158 valence electrons. The molecule has 2 aromatic carbocycles. The lowest BCUT2D eigenvalue weighted by molar-refractivity contribution is -0.140. The van der Waals surface area contributed by atoms with Crippen LogP contribution in [0.25, 0.3) is 0 Å². The van der Waals surface area contributed by atoms with Crippen molar-refractivity contribution in [2.75, 3.05) is 39.1 Å². The molecular formula is C23H25NO6. The smallest absolute Gasteiger partial charge is 0.355 e. The van der Waals surface area contributed by atoms with Crippen LogP contribution in [0.4, 0.5) is 5.69 Å². The number of carbonyl (C=O) groups is 2. The summed E-state index contributed by atoms with van der Waals surface area (Å²) in [5.74, 6) is -0.694. The third-order valence-corrected chi connectivity index (χ3v) is 4.70. The normalized spacial score (nSPS) is 13.7. The van der Waals surface area contributed by atoms with E-state index >= 15 is 0 Å². The van der Waals surface area contributed by atoms with Gasteiger partial charge in [0, 0.05) is 0 Å². The van der Waals surface area contributed by atoms with E-state index in [1.807, 2.05) is 36.4 Å². The number of benzene rings is 2. The van der Waals surface area contributed by atoms with Crippen molar-refractivity contribution in [3.05, 3.63) is 71.4 Å². The molecule has 0 N–H and O–H groups in total. The summed E-state index contributed by atoms with van der Waals surface area (Å²) < 4.78 is 21.3. The molecule has 0 unspecified atom stereocenters. The van der Waals surface area contributed by atoms with E-state index in [4.69, 9.17) is 18.9 Å². The molecule has 3 rings (SSSR count). The van der Waals surface area contributed by atoms with Gasteiger partial charge in [0.15, 0.2) is 0 Å². The van der Waals surface area contributed by atoms with Crippen LogP contribution in [0.2, 0.25) is 0 Å². The summed E-state index contributed by atoms with van der Waals surface area (Å²) in [6.45, 7) is 0.546. The number of ether oxygens (including phenoxy) is 4. The minimum Gasteiger partial charge on any atom is -0.491 e. The summed E-state index contributed by atoms with van der Waals surface area (Å²) in [6, 6.07) is 17.5. The highest BCUT2D eigenvalue weighted by Crippen LogP contribution is 2.34. The molecule has 7 heteroatoms. The standard InChI is InChI=1S/C23H25NO6/c1-27-22(25)18-15-29-16-24(21(18)23(26)28-2)19-12-6-7-13-20(19)30-14-8-11-17-9-4-3-5-10-17/h3-7,9-10,12-13H,8,11,14-16H2,1-2H3. The second kappa shape index (κ2) is 10.5. The fourth-order valence-electron chi connectivity index (χ4n) is 3.24. The molecular weight excluding hydrogens is 386 g/mol. The summed E-state index contributed by atoms with van der Waals surface area (Å²) >= 11 is 0. The summed E-state index contributed by atoms with van der Waals surface area (Å²) in [5, 5.41) is 0. The first-order chi connectivity index (χ1) is 14.7. The van der Waals surface area contributed by atoms with E-state index in [0.29, 0.717) is 18.0 Å². The van der Waals surface area contributed by atoms with Crippen molar-refractivity contribution in [3.63, 3.8) is 0 Å². The molecule has 0 radical (unpaired) electrons. The lowest BCUT2D eigenvalue weighted by atomic mass is 10.1. The Bertz CT molecular complexity index is 909. The van der Waals surface area contributed by atoms with Crippen LogP contribution in [0, 0.1) is 0 Å². The van der Waals surface area contributed by atoms with Gasteiger partial charge in [-0.3, -0.25) is 0 Å². The first-order valence-corrected chi connectivity index (χ1v) is 9.66. The zero-order valence-corrected chi connectivity index (χ0v) is 17.1. The maximum absolute atomic E-state index is 12.5. The Hall–Kier alpha value is -3.32. The van der Waals surface area contributed by atoms with Gasteiger partial charge in [-0.2, -0.15) is 0 Å². The second-order valence-electron chi connectivity index (χ2n) is 6.62. The zero-order chi connectivity index (χ0) is 21.3. The van der Waals surface area contributed by atoms with Crippen molar-refractivity contribution >= 4 is 17.6 Å². The topological polar surface area (TPSA) is 74.3 Å². The van der Waals surface area contributed by atoms with Crippen LogP contribution in [0.5, 0.6) is 5.75 Å². The molecule has 0 atom stereocenters. The van der Waals surface area contributed by atoms with Gasteiger partial charge >= 0.3 is 11.9 Å². The molecule has 7 nitrogen and oxygen atoms in total. The van der Waals surface area contributed by atoms with Crippen molar-refractivity contribution in [2.24, 2.45) is 0 Å². The monoisotopic (exact) mass is 411 g/mol. The minimum absolute atomic E-state index is 0.0340. The number of hydrogen-bond acceptors (Lipinski definition) is 7. The summed E-state index contributed by atoms with van der Waals surface area (Å²) in [6.07, 6.45) is 1.73. The molecule has 0 saturated carbocycles. The van der Waals surface area contributed by atoms with Gasteiger partial charge in [-0.05, 0) is 30.5 Å². The molecule has 1 aliphatic rings. The van der Waals surface area contributed by atoms with Crippen LogP contribution in [-0.2, 0) is 30.2 Å². The average molecular weight is 411 g/mol. The highest BCUT2D eigenvalue weighted by molar-refractivity contribution is 6.03. The fraction of sp³-hybridized carbons (Fsp3) is 0.304. The third-order valence-electron chi connectivity index (χ3n) is 4.70. The van der Waals surface area contributed by atoms with Crippen molar-refractivity contribution < 1.29 is 28.5 Å². The van der Waals surface area contributed by atoms with Gasteiger partial charge < -0.3 is 23.8 Å². The van der Waals surface area contributed by atoms with Gasteiger partial charge in [-0.25, -0.2) is 9.59 Å². The molecule has 0 spiro atoms. The van der Waals surface area contributed by atoms with Gasteiger partial charge in [0.05, 0.1) is 38.7 Å². The number of anilines is 1. The van der Waals surface area contributed by atoms with Gasteiger partial charge in [0.2, 0.25) is 0 Å². The number of esters is 2. The van der Waals surface area contributed by atoms with E-state index in [1.165, 1.54) is 19.8 Å². The van der Waals surface area contributed by atoms with E-state index in [2.05, 4.69) is 12.1 Å². The number of carbonyl (C=O) groups excluding carboxylic acids is 2. The highest BCUT2D eigenvalue weighted by atomic mass is 16.5. The van der Waals surface area contributed by atoms with Gasteiger partial charge in [0.1, 0.15) is 18.2 Å². The molecule has 1 aliphatic heterocycles. The molecule has 0 aromatic heterocycles. The molecule has 0 aliphatic carbocycles. The van der Waals surface area contributed by atoms with Crippen LogP contribution in [0.15, 0.2) is 65.9 Å². The van der Waals surface area contributed by atoms with Crippen molar-refractivity contribution in [3.8, 4) is 5.75 Å². The second-order valence-corrected chi connectivity index (χ2v) is 6.62. The molecule has 0 amide bonds. The van der Waals surface area contributed by atoms with E-state index in [-0.39, 0.29) is 24.6 Å². The van der Waals surface area contributed by atoms with Crippen LogP contribution < -0.4 is 9.64 Å². The third kappa shape index (κ3) is 4.99. The number of nitrogens with zero attached hydrogens (tertiary/aromatic N) is 1. The first-order valence-electron chi connectivity index (χ1n) is 9.66. The lowest BCUT2D eigenvalue weighted by Gasteiger charge is -2.32. The van der Waals surface area contributed by atoms with Crippen molar-refractivity contribution in [1.29, 1.82) is 0 Å². The molecule has 1 heterocycles. The zero-order valence-electron chi connectivity index (χ0n) is 17.1. The Balaban J connectivity index is 1.80. The fourth-order valence-corrected chi connectivity index (χ4v) is 3.24. The molecule has 0 saturated heterocycles. The Morgan fingerprint density at radius 1 is 0.967 bits per heavy atom. The number of methoxy groups -OCH3 is 2. The summed E-state index contributed by atoms with van der Waals surface area (Å²) in [7, 11) is 2.52. The average Bonchev–Trinajstić information content (AvgIpc) is 2.81. The summed E-state index contributed by atoms with van der Waals surface area (Å²) in [5.41, 5.74) is 2.06. The molecule has 2 aromatic rings. The van der Waals surface area contributed by atoms with Gasteiger partial charge in [-0.1, -0.05) is 42.5 Å². The van der Waals surface area contributed by atoms with Crippen LogP contribution in [-0.4, -0.2) is 46.1 Å². The Morgan fingerprint density at radius 3 is 2.40 bits per heavy atom. The van der Waals surface area contributed by atoms with E-state index in [9.17, 15) is 9.59 Å².